The molecule has 3 aromatic rings. The Labute approximate surface area is 121 Å². The van der Waals surface area contributed by atoms with Gasteiger partial charge in [0.05, 0.1) is 17.5 Å². The lowest BCUT2D eigenvalue weighted by atomic mass is 10.1. The van der Waals surface area contributed by atoms with Crippen molar-refractivity contribution in [3.05, 3.63) is 41.8 Å². The summed E-state index contributed by atoms with van der Waals surface area (Å²) in [6.07, 6.45) is 3.65. The van der Waals surface area contributed by atoms with Crippen LogP contribution in [0.15, 0.2) is 28.8 Å². The van der Waals surface area contributed by atoms with E-state index in [1.54, 1.807) is 0 Å². The third kappa shape index (κ3) is 2.67. The lowest BCUT2D eigenvalue weighted by molar-refractivity contribution is 0.359. The number of hydrogen-bond donors (Lipinski definition) is 2. The Balaban J connectivity index is 1.47. The van der Waals surface area contributed by atoms with Crippen LogP contribution < -0.4 is 5.73 Å². The van der Waals surface area contributed by atoms with Crippen LogP contribution in [0.4, 0.5) is 0 Å². The first-order valence-corrected chi connectivity index (χ1v) is 7.28. The van der Waals surface area contributed by atoms with E-state index in [1.807, 2.05) is 24.3 Å². The van der Waals surface area contributed by atoms with E-state index >= 15 is 0 Å². The summed E-state index contributed by atoms with van der Waals surface area (Å²) in [4.78, 5) is 12.2. The number of para-hydroxylation sites is 2. The maximum absolute atomic E-state index is 6.08. The summed E-state index contributed by atoms with van der Waals surface area (Å²) in [7, 11) is 0. The summed E-state index contributed by atoms with van der Waals surface area (Å²) >= 11 is 0. The highest BCUT2D eigenvalue weighted by Gasteiger charge is 2.29. The summed E-state index contributed by atoms with van der Waals surface area (Å²) in [5.41, 5.74) is 8.05. The van der Waals surface area contributed by atoms with Gasteiger partial charge in [-0.1, -0.05) is 17.3 Å². The molecule has 1 aliphatic carbocycles. The molecule has 2 heterocycles. The molecule has 0 radical (unpaired) electrons. The fourth-order valence-electron chi connectivity index (χ4n) is 2.58. The van der Waals surface area contributed by atoms with Crippen molar-refractivity contribution in [2.75, 3.05) is 0 Å². The topological polar surface area (TPSA) is 93.6 Å². The Morgan fingerprint density at radius 3 is 2.95 bits per heavy atom. The first kappa shape index (κ1) is 12.5. The second-order valence-electron chi connectivity index (χ2n) is 5.69. The first-order chi connectivity index (χ1) is 10.3. The van der Waals surface area contributed by atoms with Crippen molar-refractivity contribution in [2.24, 2.45) is 11.7 Å². The fourth-order valence-corrected chi connectivity index (χ4v) is 2.58. The predicted molar refractivity (Wildman–Crippen MR) is 77.6 cm³/mol. The molecule has 6 heteroatoms. The molecule has 4 rings (SSSR count). The summed E-state index contributed by atoms with van der Waals surface area (Å²) in [6.45, 7) is 0. The van der Waals surface area contributed by atoms with E-state index in [9.17, 15) is 0 Å². The number of imidazole rings is 1. The molecule has 1 fully saturated rings. The molecule has 1 saturated carbocycles. The number of nitrogens with zero attached hydrogens (tertiary/aromatic N) is 3. The number of nitrogens with one attached hydrogen (secondary N) is 1. The van der Waals surface area contributed by atoms with E-state index in [4.69, 9.17) is 10.3 Å². The minimum atomic E-state index is 0.143. The summed E-state index contributed by atoms with van der Waals surface area (Å²) < 4.78 is 5.28. The SMILES string of the molecule is NC(Cc1nc(Cc2nc3ccccc3[nH]2)no1)C1CC1. The van der Waals surface area contributed by atoms with Crippen molar-refractivity contribution in [3.8, 4) is 0 Å². The van der Waals surface area contributed by atoms with Gasteiger partial charge in [-0.05, 0) is 30.9 Å². The molecular formula is C15H17N5O. The van der Waals surface area contributed by atoms with Crippen molar-refractivity contribution in [3.63, 3.8) is 0 Å². The summed E-state index contributed by atoms with van der Waals surface area (Å²) in [6, 6.07) is 8.08. The maximum atomic E-state index is 6.08. The van der Waals surface area contributed by atoms with Gasteiger partial charge in [0.25, 0.3) is 0 Å². The highest BCUT2D eigenvalue weighted by molar-refractivity contribution is 5.74. The van der Waals surface area contributed by atoms with E-state index < -0.39 is 0 Å². The molecule has 21 heavy (non-hydrogen) atoms. The number of nitrogens with two attached hydrogens (primary N) is 1. The number of fused-ring (bicyclic) bond motifs is 1. The van der Waals surface area contributed by atoms with Gasteiger partial charge in [0.2, 0.25) is 5.89 Å². The van der Waals surface area contributed by atoms with Gasteiger partial charge in [-0.2, -0.15) is 4.98 Å². The number of benzene rings is 1. The largest absolute Gasteiger partial charge is 0.342 e. The van der Waals surface area contributed by atoms with Crippen molar-refractivity contribution < 1.29 is 4.52 Å². The summed E-state index contributed by atoms with van der Waals surface area (Å²) in [5.74, 6) is 2.75. The van der Waals surface area contributed by atoms with E-state index in [-0.39, 0.29) is 6.04 Å². The van der Waals surface area contributed by atoms with Crippen LogP contribution in [0.1, 0.15) is 30.4 Å². The zero-order chi connectivity index (χ0) is 14.2. The molecule has 0 bridgehead atoms. The molecular weight excluding hydrogens is 266 g/mol. The predicted octanol–water partition coefficient (Wildman–Crippen LogP) is 1.82. The lowest BCUT2D eigenvalue weighted by Gasteiger charge is -2.04. The number of aromatic nitrogens is 4. The van der Waals surface area contributed by atoms with Crippen molar-refractivity contribution in [2.45, 2.75) is 31.7 Å². The van der Waals surface area contributed by atoms with Crippen molar-refractivity contribution in [1.82, 2.24) is 20.1 Å². The third-order valence-corrected chi connectivity index (χ3v) is 3.91. The minimum absolute atomic E-state index is 0.143. The maximum Gasteiger partial charge on any atom is 0.228 e. The second-order valence-corrected chi connectivity index (χ2v) is 5.69. The van der Waals surface area contributed by atoms with E-state index in [1.165, 1.54) is 12.8 Å². The average Bonchev–Trinajstić information content (AvgIpc) is 3.12. The Bertz CT molecular complexity index is 725. The van der Waals surface area contributed by atoms with Crippen LogP contribution in [-0.2, 0) is 12.8 Å². The minimum Gasteiger partial charge on any atom is -0.342 e. The van der Waals surface area contributed by atoms with Crippen molar-refractivity contribution >= 4 is 11.0 Å². The van der Waals surface area contributed by atoms with Gasteiger partial charge >= 0.3 is 0 Å². The quantitative estimate of drug-likeness (QED) is 0.745. The van der Waals surface area contributed by atoms with E-state index in [2.05, 4.69) is 20.1 Å². The number of hydrogen-bond acceptors (Lipinski definition) is 5. The molecule has 0 saturated heterocycles. The Morgan fingerprint density at radius 2 is 2.14 bits per heavy atom. The molecule has 0 spiro atoms. The molecule has 1 atom stereocenters. The second kappa shape index (κ2) is 4.96. The molecule has 1 aromatic carbocycles. The average molecular weight is 283 g/mol. The Morgan fingerprint density at radius 1 is 1.29 bits per heavy atom. The molecule has 3 N–H and O–H groups in total. The van der Waals surface area contributed by atoms with Gasteiger partial charge in [-0.3, -0.25) is 0 Å². The third-order valence-electron chi connectivity index (χ3n) is 3.91. The highest BCUT2D eigenvalue weighted by Crippen LogP contribution is 2.32. The van der Waals surface area contributed by atoms with Gasteiger partial charge in [-0.25, -0.2) is 4.98 Å². The van der Waals surface area contributed by atoms with Gasteiger partial charge in [0, 0.05) is 12.5 Å². The first-order valence-electron chi connectivity index (χ1n) is 7.28. The van der Waals surface area contributed by atoms with Gasteiger partial charge < -0.3 is 15.2 Å². The molecule has 0 aliphatic heterocycles. The molecule has 6 nitrogen and oxygen atoms in total. The monoisotopic (exact) mass is 283 g/mol. The standard InChI is InChI=1S/C15H17N5O/c16-10(9-5-6-9)7-15-19-14(20-21-15)8-13-17-11-3-1-2-4-12(11)18-13/h1-4,9-10H,5-8,16H2,(H,17,18). The zero-order valence-corrected chi connectivity index (χ0v) is 11.6. The van der Waals surface area contributed by atoms with Crippen molar-refractivity contribution in [1.29, 1.82) is 0 Å². The smallest absolute Gasteiger partial charge is 0.228 e. The summed E-state index contributed by atoms with van der Waals surface area (Å²) in [5, 5.41) is 4.01. The number of rotatable bonds is 5. The Kier molecular flexibility index (Phi) is 2.96. The molecule has 1 aliphatic rings. The van der Waals surface area contributed by atoms with E-state index in [0.29, 0.717) is 30.5 Å². The van der Waals surface area contributed by atoms with Gasteiger partial charge in [-0.15, -0.1) is 0 Å². The highest BCUT2D eigenvalue weighted by atomic mass is 16.5. The Hall–Kier alpha value is -2.21. The van der Waals surface area contributed by atoms with Crippen LogP contribution in [0.3, 0.4) is 0 Å². The van der Waals surface area contributed by atoms with Crippen LogP contribution >= 0.6 is 0 Å². The molecule has 108 valence electrons. The molecule has 1 unspecified atom stereocenters. The van der Waals surface area contributed by atoms with E-state index in [0.717, 1.165) is 16.9 Å². The van der Waals surface area contributed by atoms with Crippen LogP contribution in [0.5, 0.6) is 0 Å². The molecule has 2 aromatic heterocycles. The van der Waals surface area contributed by atoms with Gasteiger partial charge in [0.1, 0.15) is 5.82 Å². The lowest BCUT2D eigenvalue weighted by Crippen LogP contribution is -2.25. The van der Waals surface area contributed by atoms with Crippen LogP contribution in [0.25, 0.3) is 11.0 Å². The van der Waals surface area contributed by atoms with Crippen LogP contribution in [0.2, 0.25) is 0 Å². The van der Waals surface area contributed by atoms with Crippen LogP contribution in [-0.4, -0.2) is 26.2 Å². The fraction of sp³-hybridized carbons (Fsp3) is 0.400. The van der Waals surface area contributed by atoms with Crippen LogP contribution in [0, 0.1) is 5.92 Å². The van der Waals surface area contributed by atoms with Gasteiger partial charge in [0.15, 0.2) is 5.82 Å². The zero-order valence-electron chi connectivity index (χ0n) is 11.6. The normalized spacial score (nSPS) is 16.4. The number of aromatic amines is 1. The number of H-pyrrole nitrogens is 1. The molecule has 0 amide bonds.